The van der Waals surface area contributed by atoms with Gasteiger partial charge in [-0.2, -0.15) is 0 Å². The molecule has 0 aliphatic carbocycles. The minimum absolute atomic E-state index is 0. The van der Waals surface area contributed by atoms with E-state index in [0.29, 0.717) is 6.54 Å². The second kappa shape index (κ2) is 8.03. The monoisotopic (exact) mass is 238 g/mol. The molecule has 0 saturated carbocycles. The Kier molecular flexibility index (Phi) is 9.24. The second-order valence-electron chi connectivity index (χ2n) is 2.74. The SMILES string of the molecule is Cl.Cl.NCC(N)c1ccc(CO)cc1. The Balaban J connectivity index is 0. The molecule has 3 nitrogen and oxygen atoms in total. The van der Waals surface area contributed by atoms with Gasteiger partial charge in [-0.05, 0) is 11.1 Å². The summed E-state index contributed by atoms with van der Waals surface area (Å²) in [5.41, 5.74) is 13.0. The molecular formula is C9H16Cl2N2O. The molecule has 82 valence electrons. The van der Waals surface area contributed by atoms with Gasteiger partial charge >= 0.3 is 0 Å². The fraction of sp³-hybridized carbons (Fsp3) is 0.333. The lowest BCUT2D eigenvalue weighted by atomic mass is 10.1. The van der Waals surface area contributed by atoms with Gasteiger partial charge in [0.25, 0.3) is 0 Å². The van der Waals surface area contributed by atoms with E-state index in [2.05, 4.69) is 0 Å². The summed E-state index contributed by atoms with van der Waals surface area (Å²) in [7, 11) is 0. The third-order valence-electron chi connectivity index (χ3n) is 1.84. The highest BCUT2D eigenvalue weighted by Crippen LogP contribution is 2.10. The van der Waals surface area contributed by atoms with Gasteiger partial charge in [-0.15, -0.1) is 24.8 Å². The smallest absolute Gasteiger partial charge is 0.0681 e. The fourth-order valence-corrected chi connectivity index (χ4v) is 1.01. The number of rotatable bonds is 3. The lowest BCUT2D eigenvalue weighted by Gasteiger charge is -2.08. The van der Waals surface area contributed by atoms with Crippen LogP contribution in [0.5, 0.6) is 0 Å². The van der Waals surface area contributed by atoms with Gasteiger partial charge in [0.2, 0.25) is 0 Å². The van der Waals surface area contributed by atoms with Crippen LogP contribution in [0, 0.1) is 0 Å². The van der Waals surface area contributed by atoms with E-state index < -0.39 is 0 Å². The zero-order chi connectivity index (χ0) is 8.97. The molecular weight excluding hydrogens is 223 g/mol. The van der Waals surface area contributed by atoms with Crippen LogP contribution in [0.25, 0.3) is 0 Å². The Morgan fingerprint density at radius 1 is 1.14 bits per heavy atom. The summed E-state index contributed by atoms with van der Waals surface area (Å²) < 4.78 is 0. The van der Waals surface area contributed by atoms with E-state index in [1.54, 1.807) is 0 Å². The Bertz CT molecular complexity index is 241. The molecule has 0 aromatic heterocycles. The molecule has 1 aromatic carbocycles. The van der Waals surface area contributed by atoms with Gasteiger partial charge < -0.3 is 16.6 Å². The summed E-state index contributed by atoms with van der Waals surface area (Å²) in [6.07, 6.45) is 0. The first-order valence-corrected chi connectivity index (χ1v) is 3.93. The quantitative estimate of drug-likeness (QED) is 0.736. The van der Waals surface area contributed by atoms with E-state index in [1.165, 1.54) is 0 Å². The highest BCUT2D eigenvalue weighted by atomic mass is 35.5. The van der Waals surface area contributed by atoms with Crippen molar-refractivity contribution in [3.8, 4) is 0 Å². The van der Waals surface area contributed by atoms with Crippen LogP contribution in [-0.2, 0) is 6.61 Å². The lowest BCUT2D eigenvalue weighted by Crippen LogP contribution is -2.20. The lowest BCUT2D eigenvalue weighted by molar-refractivity contribution is 0.282. The number of nitrogens with two attached hydrogens (primary N) is 2. The van der Waals surface area contributed by atoms with E-state index in [9.17, 15) is 0 Å². The van der Waals surface area contributed by atoms with Crippen molar-refractivity contribution in [2.24, 2.45) is 11.5 Å². The minimum atomic E-state index is -0.0993. The molecule has 5 heteroatoms. The Morgan fingerprint density at radius 2 is 1.64 bits per heavy atom. The molecule has 1 rings (SSSR count). The molecule has 0 fully saturated rings. The molecule has 0 bridgehead atoms. The Morgan fingerprint density at radius 3 is 2.00 bits per heavy atom. The van der Waals surface area contributed by atoms with Gasteiger partial charge in [-0.25, -0.2) is 0 Å². The normalized spacial score (nSPS) is 11.1. The van der Waals surface area contributed by atoms with Crippen molar-refractivity contribution in [1.82, 2.24) is 0 Å². The van der Waals surface area contributed by atoms with E-state index >= 15 is 0 Å². The van der Waals surface area contributed by atoms with E-state index in [-0.39, 0.29) is 37.5 Å². The van der Waals surface area contributed by atoms with E-state index in [1.807, 2.05) is 24.3 Å². The van der Waals surface area contributed by atoms with Crippen molar-refractivity contribution in [3.05, 3.63) is 35.4 Å². The van der Waals surface area contributed by atoms with Gasteiger partial charge in [-0.3, -0.25) is 0 Å². The van der Waals surface area contributed by atoms with Crippen LogP contribution < -0.4 is 11.5 Å². The summed E-state index contributed by atoms with van der Waals surface area (Å²) in [6, 6.07) is 7.39. The van der Waals surface area contributed by atoms with Crippen molar-refractivity contribution in [3.63, 3.8) is 0 Å². The summed E-state index contributed by atoms with van der Waals surface area (Å²) in [5.74, 6) is 0. The molecule has 0 heterocycles. The first-order valence-electron chi connectivity index (χ1n) is 3.93. The molecule has 0 amide bonds. The predicted octanol–water partition coefficient (Wildman–Crippen LogP) is 0.981. The van der Waals surface area contributed by atoms with Crippen LogP contribution in [0.1, 0.15) is 17.2 Å². The highest BCUT2D eigenvalue weighted by Gasteiger charge is 2.01. The van der Waals surface area contributed by atoms with Gasteiger partial charge in [0, 0.05) is 12.6 Å². The number of aliphatic hydroxyl groups is 1. The van der Waals surface area contributed by atoms with Gasteiger partial charge in [-0.1, -0.05) is 24.3 Å². The zero-order valence-corrected chi connectivity index (χ0v) is 9.35. The molecule has 0 saturated heterocycles. The van der Waals surface area contributed by atoms with Gasteiger partial charge in [0.1, 0.15) is 0 Å². The third-order valence-corrected chi connectivity index (χ3v) is 1.84. The standard InChI is InChI=1S/C9H14N2O.2ClH/c10-5-9(11)8-3-1-7(6-12)2-4-8;;/h1-4,9,12H,5-6,10-11H2;2*1H. The molecule has 1 unspecified atom stereocenters. The van der Waals surface area contributed by atoms with E-state index in [4.69, 9.17) is 16.6 Å². The zero-order valence-electron chi connectivity index (χ0n) is 7.72. The molecule has 0 spiro atoms. The predicted molar refractivity (Wildman–Crippen MR) is 62.8 cm³/mol. The third kappa shape index (κ3) is 4.26. The number of aliphatic hydroxyl groups excluding tert-OH is 1. The Hall–Kier alpha value is -0.320. The molecule has 0 aliphatic rings. The minimum Gasteiger partial charge on any atom is -0.392 e. The average Bonchev–Trinajstić information content (AvgIpc) is 2.17. The number of hydrogen-bond donors (Lipinski definition) is 3. The average molecular weight is 239 g/mol. The maximum Gasteiger partial charge on any atom is 0.0681 e. The number of benzene rings is 1. The van der Waals surface area contributed by atoms with Crippen molar-refractivity contribution in [2.45, 2.75) is 12.6 Å². The second-order valence-corrected chi connectivity index (χ2v) is 2.74. The first-order chi connectivity index (χ1) is 5.77. The van der Waals surface area contributed by atoms with E-state index in [0.717, 1.165) is 11.1 Å². The topological polar surface area (TPSA) is 72.3 Å². The largest absolute Gasteiger partial charge is 0.392 e. The van der Waals surface area contributed by atoms with Gasteiger partial charge in [0.05, 0.1) is 6.61 Å². The van der Waals surface area contributed by atoms with Crippen molar-refractivity contribution >= 4 is 24.8 Å². The summed E-state index contributed by atoms with van der Waals surface area (Å²) in [4.78, 5) is 0. The van der Waals surface area contributed by atoms with Crippen molar-refractivity contribution in [2.75, 3.05) is 6.54 Å². The first kappa shape index (κ1) is 16.1. The van der Waals surface area contributed by atoms with Crippen LogP contribution >= 0.6 is 24.8 Å². The molecule has 0 aliphatic heterocycles. The van der Waals surface area contributed by atoms with Crippen LogP contribution in [0.15, 0.2) is 24.3 Å². The maximum absolute atomic E-state index is 8.77. The van der Waals surface area contributed by atoms with Gasteiger partial charge in [0.15, 0.2) is 0 Å². The summed E-state index contributed by atoms with van der Waals surface area (Å²) >= 11 is 0. The fourth-order valence-electron chi connectivity index (χ4n) is 1.01. The number of hydrogen-bond acceptors (Lipinski definition) is 3. The van der Waals surface area contributed by atoms with Crippen LogP contribution in [-0.4, -0.2) is 11.7 Å². The summed E-state index contributed by atoms with van der Waals surface area (Å²) in [6.45, 7) is 0.511. The van der Waals surface area contributed by atoms with Crippen LogP contribution in [0.4, 0.5) is 0 Å². The van der Waals surface area contributed by atoms with Crippen LogP contribution in [0.3, 0.4) is 0 Å². The molecule has 5 N–H and O–H groups in total. The summed E-state index contributed by atoms with van der Waals surface area (Å²) in [5, 5.41) is 8.77. The van der Waals surface area contributed by atoms with Crippen LogP contribution in [0.2, 0.25) is 0 Å². The number of halogens is 2. The molecule has 1 aromatic rings. The van der Waals surface area contributed by atoms with Crippen molar-refractivity contribution in [1.29, 1.82) is 0 Å². The maximum atomic E-state index is 8.77. The Labute approximate surface area is 96.3 Å². The molecule has 14 heavy (non-hydrogen) atoms. The molecule has 1 atom stereocenters. The highest BCUT2D eigenvalue weighted by molar-refractivity contribution is 5.85. The van der Waals surface area contributed by atoms with Crippen molar-refractivity contribution < 1.29 is 5.11 Å². The molecule has 0 radical (unpaired) electrons.